The maximum Gasteiger partial charge on any atom is 0.243 e. The molecule has 112 valence electrons. The smallest absolute Gasteiger partial charge is 0.243 e. The number of sulfonamides is 1. The number of benzene rings is 1. The first kappa shape index (κ1) is 15.3. The van der Waals surface area contributed by atoms with Gasteiger partial charge in [-0.15, -0.1) is 0 Å². The highest BCUT2D eigenvalue weighted by atomic mass is 32.2. The average Bonchev–Trinajstić information content (AvgIpc) is 2.45. The van der Waals surface area contributed by atoms with Crippen LogP contribution in [0.2, 0.25) is 0 Å². The quantitative estimate of drug-likeness (QED) is 0.839. The topological polar surface area (TPSA) is 46.6 Å². The summed E-state index contributed by atoms with van der Waals surface area (Å²) in [4.78, 5) is 0.357. The molecule has 4 nitrogen and oxygen atoms in total. The summed E-state index contributed by atoms with van der Waals surface area (Å²) >= 11 is 0. The molecule has 1 fully saturated rings. The van der Waals surface area contributed by atoms with E-state index in [9.17, 15) is 8.42 Å². The van der Waals surface area contributed by atoms with Crippen LogP contribution in [0.25, 0.3) is 0 Å². The Balaban J connectivity index is 2.12. The van der Waals surface area contributed by atoms with E-state index in [1.807, 2.05) is 6.92 Å². The zero-order valence-corrected chi connectivity index (χ0v) is 13.0. The number of hydrogen-bond acceptors (Lipinski definition) is 3. The summed E-state index contributed by atoms with van der Waals surface area (Å²) in [5, 5.41) is 0. The van der Waals surface area contributed by atoms with E-state index in [-0.39, 0.29) is 0 Å². The van der Waals surface area contributed by atoms with Crippen molar-refractivity contribution in [1.29, 1.82) is 0 Å². The van der Waals surface area contributed by atoms with Crippen molar-refractivity contribution in [3.63, 3.8) is 0 Å². The SMILES string of the molecule is CCCOc1ccc(S(=O)(=O)N2CCC[C@H](C)C2)cc1. The van der Waals surface area contributed by atoms with Gasteiger partial charge in [0.15, 0.2) is 0 Å². The molecule has 0 N–H and O–H groups in total. The highest BCUT2D eigenvalue weighted by Crippen LogP contribution is 2.24. The van der Waals surface area contributed by atoms with Crippen molar-refractivity contribution in [1.82, 2.24) is 4.31 Å². The van der Waals surface area contributed by atoms with Crippen LogP contribution < -0.4 is 4.74 Å². The Morgan fingerprint density at radius 1 is 1.30 bits per heavy atom. The second kappa shape index (κ2) is 6.59. The molecule has 0 spiro atoms. The first-order valence-corrected chi connectivity index (χ1v) is 8.71. The third-order valence-electron chi connectivity index (χ3n) is 3.55. The Morgan fingerprint density at radius 2 is 2.00 bits per heavy atom. The van der Waals surface area contributed by atoms with E-state index in [1.54, 1.807) is 28.6 Å². The lowest BCUT2D eigenvalue weighted by molar-refractivity contribution is 0.281. The second-order valence-corrected chi connectivity index (χ2v) is 7.37. The Labute approximate surface area is 121 Å². The molecule has 0 unspecified atom stereocenters. The van der Waals surface area contributed by atoms with Crippen molar-refractivity contribution in [3.05, 3.63) is 24.3 Å². The van der Waals surface area contributed by atoms with Gasteiger partial charge in [0.25, 0.3) is 0 Å². The fourth-order valence-corrected chi connectivity index (χ4v) is 4.04. The Hall–Kier alpha value is -1.07. The van der Waals surface area contributed by atoms with Crippen LogP contribution in [0, 0.1) is 5.92 Å². The van der Waals surface area contributed by atoms with E-state index in [1.165, 1.54) is 0 Å². The van der Waals surface area contributed by atoms with Gasteiger partial charge in [0.1, 0.15) is 5.75 Å². The minimum absolute atomic E-state index is 0.357. The molecular formula is C15H23NO3S. The van der Waals surface area contributed by atoms with Gasteiger partial charge < -0.3 is 4.74 Å². The van der Waals surface area contributed by atoms with Gasteiger partial charge in [-0.1, -0.05) is 13.8 Å². The first-order valence-electron chi connectivity index (χ1n) is 7.27. The molecule has 0 aromatic heterocycles. The first-order chi connectivity index (χ1) is 9.54. The van der Waals surface area contributed by atoms with E-state index in [0.717, 1.165) is 25.0 Å². The number of nitrogens with zero attached hydrogens (tertiary/aromatic N) is 1. The molecule has 1 aliphatic rings. The molecule has 1 atom stereocenters. The molecule has 0 aliphatic carbocycles. The predicted molar refractivity (Wildman–Crippen MR) is 79.4 cm³/mol. The molecular weight excluding hydrogens is 274 g/mol. The van der Waals surface area contributed by atoms with Gasteiger partial charge >= 0.3 is 0 Å². The molecule has 0 saturated carbocycles. The fourth-order valence-electron chi connectivity index (χ4n) is 2.44. The van der Waals surface area contributed by atoms with Gasteiger partial charge in [0.2, 0.25) is 10.0 Å². The fraction of sp³-hybridized carbons (Fsp3) is 0.600. The molecule has 1 aromatic rings. The molecule has 2 rings (SSSR count). The van der Waals surface area contributed by atoms with Crippen molar-refractivity contribution in [2.24, 2.45) is 5.92 Å². The predicted octanol–water partition coefficient (Wildman–Crippen LogP) is 2.90. The maximum absolute atomic E-state index is 12.5. The molecule has 20 heavy (non-hydrogen) atoms. The number of hydrogen-bond donors (Lipinski definition) is 0. The molecule has 5 heteroatoms. The molecule has 0 radical (unpaired) electrons. The van der Waals surface area contributed by atoms with E-state index in [4.69, 9.17) is 4.74 Å². The third kappa shape index (κ3) is 3.52. The molecule has 0 bridgehead atoms. The van der Waals surface area contributed by atoms with Crippen LogP contribution in [-0.4, -0.2) is 32.4 Å². The summed E-state index contributed by atoms with van der Waals surface area (Å²) < 4.78 is 32.2. The zero-order chi connectivity index (χ0) is 14.6. The summed E-state index contributed by atoms with van der Waals surface area (Å²) in [5.41, 5.74) is 0. The lowest BCUT2D eigenvalue weighted by Crippen LogP contribution is -2.39. The largest absolute Gasteiger partial charge is 0.494 e. The lowest BCUT2D eigenvalue weighted by atomic mass is 10.0. The summed E-state index contributed by atoms with van der Waals surface area (Å²) in [5.74, 6) is 1.16. The Kier molecular flexibility index (Phi) is 5.05. The molecule has 1 saturated heterocycles. The minimum Gasteiger partial charge on any atom is -0.494 e. The van der Waals surface area contributed by atoms with E-state index in [2.05, 4.69) is 6.92 Å². The maximum atomic E-state index is 12.5. The van der Waals surface area contributed by atoms with Gasteiger partial charge in [0.05, 0.1) is 11.5 Å². The van der Waals surface area contributed by atoms with Gasteiger partial charge in [-0.3, -0.25) is 0 Å². The Bertz CT molecular complexity index is 525. The summed E-state index contributed by atoms with van der Waals surface area (Å²) in [6.07, 6.45) is 2.99. The summed E-state index contributed by atoms with van der Waals surface area (Å²) in [7, 11) is -3.35. The zero-order valence-electron chi connectivity index (χ0n) is 12.2. The molecule has 1 heterocycles. The van der Waals surface area contributed by atoms with Crippen LogP contribution in [0.1, 0.15) is 33.1 Å². The summed E-state index contributed by atoms with van der Waals surface area (Å²) in [6.45, 7) is 6.03. The highest BCUT2D eigenvalue weighted by Gasteiger charge is 2.28. The number of piperidine rings is 1. The van der Waals surface area contributed by atoms with Gasteiger partial charge in [-0.05, 0) is 49.4 Å². The van der Waals surface area contributed by atoms with Gasteiger partial charge in [-0.25, -0.2) is 8.42 Å². The normalized spacial score (nSPS) is 20.8. The second-order valence-electron chi connectivity index (χ2n) is 5.43. The lowest BCUT2D eigenvalue weighted by Gasteiger charge is -2.30. The van der Waals surface area contributed by atoms with Crippen molar-refractivity contribution < 1.29 is 13.2 Å². The van der Waals surface area contributed by atoms with E-state index >= 15 is 0 Å². The Morgan fingerprint density at radius 3 is 2.60 bits per heavy atom. The molecule has 0 amide bonds. The minimum atomic E-state index is -3.35. The van der Waals surface area contributed by atoms with Crippen LogP contribution in [0.5, 0.6) is 5.75 Å². The van der Waals surface area contributed by atoms with Crippen LogP contribution in [-0.2, 0) is 10.0 Å². The van der Waals surface area contributed by atoms with Gasteiger partial charge in [-0.2, -0.15) is 4.31 Å². The number of ether oxygens (including phenoxy) is 1. The standard InChI is InChI=1S/C15H23NO3S/c1-3-11-19-14-6-8-15(9-7-14)20(17,18)16-10-4-5-13(2)12-16/h6-9,13H,3-5,10-12H2,1-2H3/t13-/m0/s1. The van der Waals surface area contributed by atoms with Crippen LogP contribution in [0.4, 0.5) is 0 Å². The van der Waals surface area contributed by atoms with E-state index < -0.39 is 10.0 Å². The van der Waals surface area contributed by atoms with Crippen LogP contribution in [0.15, 0.2) is 29.2 Å². The molecule has 1 aromatic carbocycles. The summed E-state index contributed by atoms with van der Waals surface area (Å²) in [6, 6.07) is 6.74. The number of rotatable bonds is 5. The van der Waals surface area contributed by atoms with Crippen molar-refractivity contribution in [3.8, 4) is 5.75 Å². The van der Waals surface area contributed by atoms with Gasteiger partial charge in [0, 0.05) is 13.1 Å². The van der Waals surface area contributed by atoms with Crippen LogP contribution >= 0.6 is 0 Å². The molecule has 1 aliphatic heterocycles. The highest BCUT2D eigenvalue weighted by molar-refractivity contribution is 7.89. The average molecular weight is 297 g/mol. The third-order valence-corrected chi connectivity index (χ3v) is 5.43. The van der Waals surface area contributed by atoms with Crippen LogP contribution in [0.3, 0.4) is 0 Å². The van der Waals surface area contributed by atoms with E-state index in [0.29, 0.717) is 30.5 Å². The van der Waals surface area contributed by atoms with Crippen molar-refractivity contribution >= 4 is 10.0 Å². The van der Waals surface area contributed by atoms with Crippen molar-refractivity contribution in [2.75, 3.05) is 19.7 Å². The van der Waals surface area contributed by atoms with Crippen molar-refractivity contribution in [2.45, 2.75) is 38.0 Å². The monoisotopic (exact) mass is 297 g/mol.